The van der Waals surface area contributed by atoms with Crippen LogP contribution in [-0.4, -0.2) is 87.7 Å². The summed E-state index contributed by atoms with van der Waals surface area (Å²) in [5.74, 6) is 0.900. The van der Waals surface area contributed by atoms with Crippen molar-refractivity contribution in [1.82, 2.24) is 34.7 Å². The van der Waals surface area contributed by atoms with E-state index in [4.69, 9.17) is 19.6 Å². The predicted octanol–water partition coefficient (Wildman–Crippen LogP) is 3.84. The molecule has 1 fully saturated rings. The number of ether oxygens (including phenoxy) is 2. The maximum atomic E-state index is 5.58. The maximum Gasteiger partial charge on any atom is 0.197 e. The van der Waals surface area contributed by atoms with Gasteiger partial charge in [0.1, 0.15) is 16.3 Å². The SMILES string of the molecule is COCCN1CCN(c2sc(-c3[nH]nc(-c4cc(OC)c5ncnn5c4)c3C(C)C)nc2C)[C@H](C)C1. The Morgan fingerprint density at radius 3 is 2.81 bits per heavy atom. The summed E-state index contributed by atoms with van der Waals surface area (Å²) < 4.78 is 12.6. The minimum Gasteiger partial charge on any atom is -0.493 e. The van der Waals surface area contributed by atoms with Crippen LogP contribution < -0.4 is 9.64 Å². The number of aryl methyl sites for hydroxylation is 1. The summed E-state index contributed by atoms with van der Waals surface area (Å²) in [7, 11) is 3.41. The third-order valence-electron chi connectivity index (χ3n) is 6.79. The minimum absolute atomic E-state index is 0.238. The predicted molar refractivity (Wildman–Crippen MR) is 142 cm³/mol. The van der Waals surface area contributed by atoms with Gasteiger partial charge in [-0.1, -0.05) is 25.2 Å². The quantitative estimate of drug-likeness (QED) is 0.382. The smallest absolute Gasteiger partial charge is 0.197 e. The highest BCUT2D eigenvalue weighted by Crippen LogP contribution is 2.41. The molecule has 0 bridgehead atoms. The molecule has 0 unspecified atom stereocenters. The van der Waals surface area contributed by atoms with Crippen LogP contribution in [0.2, 0.25) is 0 Å². The summed E-state index contributed by atoms with van der Waals surface area (Å²) in [6, 6.07) is 2.38. The van der Waals surface area contributed by atoms with Crippen LogP contribution in [0.1, 0.15) is 37.9 Å². The van der Waals surface area contributed by atoms with Gasteiger partial charge in [-0.25, -0.2) is 14.5 Å². The molecule has 10 nitrogen and oxygen atoms in total. The van der Waals surface area contributed by atoms with E-state index in [9.17, 15) is 0 Å². The third-order valence-corrected chi connectivity index (χ3v) is 8.00. The van der Waals surface area contributed by atoms with E-state index >= 15 is 0 Å². The van der Waals surface area contributed by atoms with Crippen molar-refractivity contribution < 1.29 is 9.47 Å². The fourth-order valence-corrected chi connectivity index (χ4v) is 6.20. The molecule has 4 aromatic heterocycles. The minimum atomic E-state index is 0.238. The number of nitrogens with zero attached hydrogens (tertiary/aromatic N) is 7. The van der Waals surface area contributed by atoms with Crippen molar-refractivity contribution in [2.75, 3.05) is 51.9 Å². The summed E-state index contributed by atoms with van der Waals surface area (Å²) >= 11 is 1.74. The summed E-state index contributed by atoms with van der Waals surface area (Å²) in [5, 5.41) is 14.6. The zero-order valence-electron chi connectivity index (χ0n) is 21.8. The molecular formula is C25H34N8O2S. The van der Waals surface area contributed by atoms with Gasteiger partial charge < -0.3 is 14.4 Å². The molecule has 0 aliphatic carbocycles. The van der Waals surface area contributed by atoms with Crippen LogP contribution in [0.15, 0.2) is 18.6 Å². The number of piperazine rings is 1. The molecule has 1 aliphatic heterocycles. The number of hydrogen-bond donors (Lipinski definition) is 1. The van der Waals surface area contributed by atoms with E-state index in [-0.39, 0.29) is 5.92 Å². The molecular weight excluding hydrogens is 476 g/mol. The molecule has 36 heavy (non-hydrogen) atoms. The third kappa shape index (κ3) is 4.46. The number of thiazole rings is 1. The molecule has 0 aromatic carbocycles. The lowest BCUT2D eigenvalue weighted by Crippen LogP contribution is -2.52. The van der Waals surface area contributed by atoms with Crippen molar-refractivity contribution in [1.29, 1.82) is 0 Å². The average molecular weight is 511 g/mol. The lowest BCUT2D eigenvalue weighted by atomic mass is 9.97. The van der Waals surface area contributed by atoms with Crippen LogP contribution in [0.3, 0.4) is 0 Å². The molecule has 11 heteroatoms. The first kappa shape index (κ1) is 24.7. The van der Waals surface area contributed by atoms with Gasteiger partial charge in [0.05, 0.1) is 30.8 Å². The molecule has 1 atom stereocenters. The Morgan fingerprint density at radius 2 is 2.08 bits per heavy atom. The van der Waals surface area contributed by atoms with Gasteiger partial charge >= 0.3 is 0 Å². The number of H-pyrrole nitrogens is 1. The maximum absolute atomic E-state index is 5.58. The van der Waals surface area contributed by atoms with Gasteiger partial charge in [0.2, 0.25) is 0 Å². The molecule has 0 spiro atoms. The van der Waals surface area contributed by atoms with E-state index < -0.39 is 0 Å². The average Bonchev–Trinajstić information content (AvgIpc) is 3.60. The summed E-state index contributed by atoms with van der Waals surface area (Å²) in [6.45, 7) is 13.5. The van der Waals surface area contributed by atoms with Crippen LogP contribution >= 0.6 is 11.3 Å². The lowest BCUT2D eigenvalue weighted by Gasteiger charge is -2.40. The largest absolute Gasteiger partial charge is 0.493 e. The number of aromatic nitrogens is 6. The van der Waals surface area contributed by atoms with E-state index in [1.54, 1.807) is 30.1 Å². The molecule has 5 heterocycles. The molecule has 0 amide bonds. The van der Waals surface area contributed by atoms with E-state index in [1.165, 1.54) is 11.3 Å². The van der Waals surface area contributed by atoms with Crippen LogP contribution in [0, 0.1) is 6.92 Å². The molecule has 1 aliphatic rings. The molecule has 1 saturated heterocycles. The van der Waals surface area contributed by atoms with Crippen LogP contribution in [0.5, 0.6) is 5.75 Å². The Labute approximate surface area is 215 Å². The topological polar surface area (TPSA) is 96.7 Å². The van der Waals surface area contributed by atoms with Crippen LogP contribution in [0.4, 0.5) is 5.00 Å². The van der Waals surface area contributed by atoms with Gasteiger partial charge in [-0.15, -0.1) is 0 Å². The van der Waals surface area contributed by atoms with Gasteiger partial charge in [0, 0.05) is 56.7 Å². The highest BCUT2D eigenvalue weighted by molar-refractivity contribution is 7.19. The number of fused-ring (bicyclic) bond motifs is 1. The Balaban J connectivity index is 1.48. The molecule has 192 valence electrons. The second-order valence-electron chi connectivity index (χ2n) is 9.59. The van der Waals surface area contributed by atoms with Crippen molar-refractivity contribution in [2.45, 2.75) is 39.7 Å². The van der Waals surface area contributed by atoms with Gasteiger partial charge in [-0.3, -0.25) is 10.00 Å². The number of methoxy groups -OCH3 is 2. The van der Waals surface area contributed by atoms with E-state index in [1.807, 2.05) is 12.3 Å². The number of aromatic amines is 1. The fraction of sp³-hybridized carbons (Fsp3) is 0.520. The highest BCUT2D eigenvalue weighted by Gasteiger charge is 2.29. The Kier molecular flexibility index (Phi) is 6.96. The van der Waals surface area contributed by atoms with E-state index in [0.29, 0.717) is 17.4 Å². The standard InChI is InChI=1S/C25H34N8O2S/c1-15(2)20-21(18-11-19(35-6)23-26-14-27-33(23)13-18)29-30-22(20)24-28-17(4)25(36-24)32-8-7-31(9-10-34-5)12-16(32)3/h11,13-16H,7-10,12H2,1-6H3,(H,29,30)/t16-/m1/s1. The van der Waals surface area contributed by atoms with Gasteiger partial charge in [-0.05, 0) is 25.8 Å². The lowest BCUT2D eigenvalue weighted by molar-refractivity contribution is 0.136. The van der Waals surface area contributed by atoms with E-state index in [2.05, 4.69) is 52.7 Å². The fourth-order valence-electron chi connectivity index (χ4n) is 4.99. The summed E-state index contributed by atoms with van der Waals surface area (Å²) in [5.41, 5.74) is 5.65. The second kappa shape index (κ2) is 10.2. The van der Waals surface area contributed by atoms with Gasteiger partial charge in [0.25, 0.3) is 0 Å². The Hall–Kier alpha value is -3.02. The number of nitrogens with one attached hydrogen (secondary N) is 1. The zero-order chi connectivity index (χ0) is 25.4. The van der Waals surface area contributed by atoms with Crippen molar-refractivity contribution in [3.8, 4) is 27.7 Å². The Bertz CT molecular complexity index is 1340. The van der Waals surface area contributed by atoms with Crippen molar-refractivity contribution in [2.24, 2.45) is 0 Å². The van der Waals surface area contributed by atoms with Crippen molar-refractivity contribution in [3.63, 3.8) is 0 Å². The Morgan fingerprint density at radius 1 is 1.25 bits per heavy atom. The normalized spacial score (nSPS) is 17.0. The summed E-state index contributed by atoms with van der Waals surface area (Å²) in [4.78, 5) is 14.3. The van der Waals surface area contributed by atoms with Crippen LogP contribution in [0.25, 0.3) is 27.6 Å². The van der Waals surface area contributed by atoms with Crippen molar-refractivity contribution >= 4 is 22.0 Å². The summed E-state index contributed by atoms with van der Waals surface area (Å²) in [6.07, 6.45) is 3.47. The van der Waals surface area contributed by atoms with E-state index in [0.717, 1.165) is 66.0 Å². The molecule has 0 radical (unpaired) electrons. The van der Waals surface area contributed by atoms with Crippen LogP contribution in [-0.2, 0) is 4.74 Å². The number of rotatable bonds is 8. The van der Waals surface area contributed by atoms with Gasteiger partial charge in [-0.2, -0.15) is 10.2 Å². The van der Waals surface area contributed by atoms with Crippen molar-refractivity contribution in [3.05, 3.63) is 29.8 Å². The number of hydrogen-bond acceptors (Lipinski definition) is 9. The second-order valence-corrected chi connectivity index (χ2v) is 10.6. The first-order valence-electron chi connectivity index (χ1n) is 12.3. The monoisotopic (exact) mass is 510 g/mol. The number of anilines is 1. The molecule has 1 N–H and O–H groups in total. The molecule has 0 saturated carbocycles. The molecule has 4 aromatic rings. The van der Waals surface area contributed by atoms with Gasteiger partial charge in [0.15, 0.2) is 11.4 Å². The zero-order valence-corrected chi connectivity index (χ0v) is 22.6. The highest BCUT2D eigenvalue weighted by atomic mass is 32.1. The first-order chi connectivity index (χ1) is 17.4. The first-order valence-corrected chi connectivity index (χ1v) is 13.1. The number of pyridine rings is 1. The molecule has 5 rings (SSSR count).